The molecule has 0 heterocycles. The molecule has 0 bridgehead atoms. The Labute approximate surface area is 134 Å². The van der Waals surface area contributed by atoms with Crippen molar-refractivity contribution in [3.05, 3.63) is 50.6 Å². The van der Waals surface area contributed by atoms with Crippen LogP contribution < -0.4 is 0 Å². The Morgan fingerprint density at radius 3 is 1.35 bits per heavy atom. The number of carboxylic acids is 2. The molecule has 7 heteroatoms. The van der Waals surface area contributed by atoms with Gasteiger partial charge >= 0.3 is 11.9 Å². The molecule has 7 nitrogen and oxygen atoms in total. The predicted molar refractivity (Wildman–Crippen MR) is 83.9 cm³/mol. The number of carbonyl (C=O) groups is 2. The third kappa shape index (κ3) is 3.95. The van der Waals surface area contributed by atoms with Gasteiger partial charge in [0.25, 0.3) is 0 Å². The summed E-state index contributed by atoms with van der Waals surface area (Å²) in [4.78, 5) is 23.4. The smallest absolute Gasteiger partial charge is 0.339 e. The highest BCUT2D eigenvalue weighted by Crippen LogP contribution is 2.34. The first kappa shape index (κ1) is 20.8. The third-order valence-electron chi connectivity index (χ3n) is 3.39. The average Bonchev–Trinajstić information content (AvgIpc) is 2.51. The Morgan fingerprint density at radius 1 is 0.870 bits per heavy atom. The molecule has 4 unspecified atom stereocenters. The van der Waals surface area contributed by atoms with E-state index in [0.717, 1.165) is 24.3 Å². The number of rotatable bonds is 12. The molecular weight excluding hydrogens is 304 g/mol. The maximum atomic E-state index is 11.7. The van der Waals surface area contributed by atoms with Crippen molar-refractivity contribution in [2.24, 2.45) is 0 Å². The number of hydrogen-bond donors (Lipinski definition) is 4. The molecule has 0 aliphatic heterocycles. The molecule has 0 aliphatic carbocycles. The van der Waals surface area contributed by atoms with E-state index in [1.807, 2.05) is 0 Å². The maximum Gasteiger partial charge on any atom is 0.339 e. The number of aliphatic hydroxyl groups is 2. The number of ether oxygens (including phenoxy) is 1. The van der Waals surface area contributed by atoms with E-state index in [-0.39, 0.29) is 0 Å². The van der Waals surface area contributed by atoms with Crippen LogP contribution in [0, 0.1) is 0 Å². The number of aliphatic carboxylic acids is 2. The van der Waals surface area contributed by atoms with E-state index in [9.17, 15) is 30.0 Å². The van der Waals surface area contributed by atoms with Crippen LogP contribution in [0.25, 0.3) is 0 Å². The molecule has 0 rings (SSSR count). The Morgan fingerprint density at radius 2 is 1.17 bits per heavy atom. The number of carboxylic acid groups (broad SMARTS) is 2. The lowest BCUT2D eigenvalue weighted by molar-refractivity contribution is -0.232. The Balaban J connectivity index is 6.33. The lowest BCUT2D eigenvalue weighted by Gasteiger charge is -2.41. The second-order valence-corrected chi connectivity index (χ2v) is 4.84. The van der Waals surface area contributed by atoms with Crippen molar-refractivity contribution in [1.29, 1.82) is 0 Å². The Hall–Kier alpha value is -2.22. The van der Waals surface area contributed by atoms with Crippen molar-refractivity contribution in [3.8, 4) is 0 Å². The summed E-state index contributed by atoms with van der Waals surface area (Å²) < 4.78 is 5.35. The summed E-state index contributed by atoms with van der Waals surface area (Å²) in [6, 6.07) is 0. The molecule has 4 atom stereocenters. The van der Waals surface area contributed by atoms with Gasteiger partial charge in [-0.05, 0) is 0 Å². The minimum Gasteiger partial charge on any atom is -0.479 e. The molecule has 0 saturated carbocycles. The van der Waals surface area contributed by atoms with Crippen molar-refractivity contribution in [3.63, 3.8) is 0 Å². The summed E-state index contributed by atoms with van der Waals surface area (Å²) in [7, 11) is 0. The van der Waals surface area contributed by atoms with Gasteiger partial charge in [-0.1, -0.05) is 24.3 Å². The van der Waals surface area contributed by atoms with Crippen LogP contribution in [0.15, 0.2) is 50.6 Å². The highest BCUT2D eigenvalue weighted by molar-refractivity contribution is 5.83. The number of hydrogen-bond acceptors (Lipinski definition) is 5. The van der Waals surface area contributed by atoms with Crippen LogP contribution in [0.3, 0.4) is 0 Å². The van der Waals surface area contributed by atoms with Gasteiger partial charge in [0.1, 0.15) is 12.2 Å². The normalized spacial score (nSPS) is 18.5. The molecule has 0 spiro atoms. The van der Waals surface area contributed by atoms with Crippen molar-refractivity contribution >= 4 is 11.9 Å². The summed E-state index contributed by atoms with van der Waals surface area (Å²) in [6.45, 7) is 13.4. The fourth-order valence-electron chi connectivity index (χ4n) is 2.10. The van der Waals surface area contributed by atoms with E-state index < -0.39 is 48.2 Å². The van der Waals surface area contributed by atoms with Gasteiger partial charge in [-0.15, -0.1) is 26.3 Å². The largest absolute Gasteiger partial charge is 0.479 e. The van der Waals surface area contributed by atoms with E-state index in [1.54, 1.807) is 0 Å². The second-order valence-electron chi connectivity index (χ2n) is 4.84. The van der Waals surface area contributed by atoms with Crippen LogP contribution in [0.1, 0.15) is 12.8 Å². The Kier molecular flexibility index (Phi) is 7.61. The SMILES string of the molecule is C=CCC(OC(CC=C)(C(=O)O)C(O)C=C)(C(=O)O)C(O)C=C. The molecule has 0 radical (unpaired) electrons. The quantitative estimate of drug-likeness (QED) is 0.393. The molecule has 0 aromatic heterocycles. The Bertz CT molecular complexity index is 455. The van der Waals surface area contributed by atoms with Gasteiger partial charge in [0.15, 0.2) is 11.2 Å². The van der Waals surface area contributed by atoms with E-state index in [4.69, 9.17) is 4.74 Å². The predicted octanol–water partition coefficient (Wildman–Crippen LogP) is 0.896. The molecule has 0 amide bonds. The van der Waals surface area contributed by atoms with Gasteiger partial charge in [-0.3, -0.25) is 0 Å². The molecule has 23 heavy (non-hydrogen) atoms. The minimum absolute atomic E-state index is 0.425. The zero-order valence-electron chi connectivity index (χ0n) is 12.7. The zero-order chi connectivity index (χ0) is 18.3. The first-order valence-electron chi connectivity index (χ1n) is 6.68. The fraction of sp³-hybridized carbons (Fsp3) is 0.375. The summed E-state index contributed by atoms with van der Waals surface area (Å²) in [6.07, 6.45) is -0.241. The molecule has 0 aliphatic rings. The molecule has 0 saturated heterocycles. The van der Waals surface area contributed by atoms with Crippen LogP contribution in [0.2, 0.25) is 0 Å². The van der Waals surface area contributed by atoms with Gasteiger partial charge in [0.2, 0.25) is 0 Å². The van der Waals surface area contributed by atoms with Crippen molar-refractivity contribution in [2.45, 2.75) is 36.3 Å². The zero-order valence-corrected chi connectivity index (χ0v) is 12.7. The van der Waals surface area contributed by atoms with E-state index in [0.29, 0.717) is 0 Å². The van der Waals surface area contributed by atoms with Crippen molar-refractivity contribution in [1.82, 2.24) is 0 Å². The molecule has 0 aromatic carbocycles. The summed E-state index contributed by atoms with van der Waals surface area (Å²) >= 11 is 0. The lowest BCUT2D eigenvalue weighted by Crippen LogP contribution is -2.62. The van der Waals surface area contributed by atoms with Gasteiger partial charge in [0.05, 0.1) is 0 Å². The molecule has 4 N–H and O–H groups in total. The fourth-order valence-corrected chi connectivity index (χ4v) is 2.10. The number of aliphatic hydroxyl groups excluding tert-OH is 2. The molecule has 0 aromatic rings. The van der Waals surface area contributed by atoms with Gasteiger partial charge in [0, 0.05) is 12.8 Å². The van der Waals surface area contributed by atoms with Crippen molar-refractivity contribution < 1.29 is 34.8 Å². The average molecular weight is 326 g/mol. The molecule has 0 fully saturated rings. The highest BCUT2D eigenvalue weighted by Gasteiger charge is 2.56. The monoisotopic (exact) mass is 326 g/mol. The van der Waals surface area contributed by atoms with Crippen LogP contribution in [0.5, 0.6) is 0 Å². The van der Waals surface area contributed by atoms with Gasteiger partial charge < -0.3 is 25.2 Å². The van der Waals surface area contributed by atoms with E-state index in [1.165, 1.54) is 0 Å². The van der Waals surface area contributed by atoms with E-state index >= 15 is 0 Å². The molecular formula is C16H22O7. The topological polar surface area (TPSA) is 124 Å². The minimum atomic E-state index is -2.39. The van der Waals surface area contributed by atoms with Crippen LogP contribution in [-0.4, -0.2) is 55.8 Å². The molecule has 128 valence electrons. The lowest BCUT2D eigenvalue weighted by atomic mass is 9.86. The van der Waals surface area contributed by atoms with Crippen LogP contribution in [-0.2, 0) is 14.3 Å². The van der Waals surface area contributed by atoms with Gasteiger partial charge in [-0.2, -0.15) is 0 Å². The van der Waals surface area contributed by atoms with Crippen molar-refractivity contribution in [2.75, 3.05) is 0 Å². The first-order valence-corrected chi connectivity index (χ1v) is 6.68. The van der Waals surface area contributed by atoms with Gasteiger partial charge in [-0.25, -0.2) is 9.59 Å². The third-order valence-corrected chi connectivity index (χ3v) is 3.39. The van der Waals surface area contributed by atoms with Crippen LogP contribution >= 0.6 is 0 Å². The standard InChI is InChI=1S/C16H22O7/c1-5-9-15(13(19)20,11(17)7-3)23-16(10-6-2,14(21)22)12(18)8-4/h5-8,11-12,17-18H,1-4,9-10H2,(H,19,20)(H,21,22). The van der Waals surface area contributed by atoms with Crippen LogP contribution in [0.4, 0.5) is 0 Å². The first-order chi connectivity index (χ1) is 10.7. The summed E-state index contributed by atoms with van der Waals surface area (Å²) in [5, 5.41) is 39.1. The summed E-state index contributed by atoms with van der Waals surface area (Å²) in [5.41, 5.74) is -4.79. The van der Waals surface area contributed by atoms with E-state index in [2.05, 4.69) is 26.3 Å². The second kappa shape index (κ2) is 8.42. The highest BCUT2D eigenvalue weighted by atomic mass is 16.6. The summed E-state index contributed by atoms with van der Waals surface area (Å²) in [5.74, 6) is -3.26. The maximum absolute atomic E-state index is 11.7.